The van der Waals surface area contributed by atoms with E-state index in [1.165, 1.54) is 0 Å². The number of aromatic amines is 1. The standard InChI is InChI=1S/C17H14N2O3/c1-9-3-2-4-12-13(15(17(21)22)19-14(9)12)10-5-7-11(8-6-10)16(18)20/h2-8,19H,1H3,(H2,18,20)(H,21,22). The number of carbonyl (C=O) groups excluding carboxylic acids is 1. The van der Waals surface area contributed by atoms with Gasteiger partial charge >= 0.3 is 5.97 Å². The summed E-state index contributed by atoms with van der Waals surface area (Å²) in [6, 6.07) is 12.3. The smallest absolute Gasteiger partial charge is 0.352 e. The van der Waals surface area contributed by atoms with Crippen LogP contribution in [0, 0.1) is 6.92 Å². The molecule has 0 bridgehead atoms. The maximum Gasteiger partial charge on any atom is 0.352 e. The predicted molar refractivity (Wildman–Crippen MR) is 83.9 cm³/mol. The number of H-pyrrole nitrogens is 1. The monoisotopic (exact) mass is 294 g/mol. The molecular weight excluding hydrogens is 280 g/mol. The minimum Gasteiger partial charge on any atom is -0.477 e. The predicted octanol–water partition coefficient (Wildman–Crippen LogP) is 2.94. The van der Waals surface area contributed by atoms with Gasteiger partial charge in [0.1, 0.15) is 5.69 Å². The molecule has 3 rings (SSSR count). The summed E-state index contributed by atoms with van der Waals surface area (Å²) in [5, 5.41) is 10.3. The summed E-state index contributed by atoms with van der Waals surface area (Å²) in [5.74, 6) is -1.54. The molecule has 5 heteroatoms. The molecule has 0 saturated heterocycles. The van der Waals surface area contributed by atoms with Crippen molar-refractivity contribution < 1.29 is 14.7 Å². The van der Waals surface area contributed by atoms with Crippen LogP contribution in [0.5, 0.6) is 0 Å². The number of aryl methyl sites for hydroxylation is 1. The van der Waals surface area contributed by atoms with Crippen LogP contribution < -0.4 is 5.73 Å². The Bertz CT molecular complexity index is 892. The third kappa shape index (κ3) is 2.13. The summed E-state index contributed by atoms with van der Waals surface area (Å²) >= 11 is 0. The van der Waals surface area contributed by atoms with E-state index in [-0.39, 0.29) is 5.69 Å². The molecule has 0 unspecified atom stereocenters. The molecule has 0 saturated carbocycles. The average molecular weight is 294 g/mol. The molecule has 3 aromatic rings. The maximum atomic E-state index is 11.5. The van der Waals surface area contributed by atoms with E-state index in [2.05, 4.69) is 4.98 Å². The number of fused-ring (bicyclic) bond motifs is 1. The SMILES string of the molecule is Cc1cccc2c(-c3ccc(C(N)=O)cc3)c(C(=O)O)[nH]c12. The molecule has 0 aliphatic carbocycles. The number of hydrogen-bond acceptors (Lipinski definition) is 2. The van der Waals surface area contributed by atoms with Crippen molar-refractivity contribution in [2.24, 2.45) is 5.73 Å². The number of nitrogens with two attached hydrogens (primary N) is 1. The van der Waals surface area contributed by atoms with Gasteiger partial charge in [-0.3, -0.25) is 4.79 Å². The lowest BCUT2D eigenvalue weighted by Crippen LogP contribution is -2.10. The molecule has 4 N–H and O–H groups in total. The molecule has 110 valence electrons. The van der Waals surface area contributed by atoms with Crippen LogP contribution in [0.1, 0.15) is 26.4 Å². The van der Waals surface area contributed by atoms with Gasteiger partial charge in [-0.05, 0) is 30.2 Å². The van der Waals surface area contributed by atoms with Crippen LogP contribution >= 0.6 is 0 Å². The van der Waals surface area contributed by atoms with E-state index in [1.807, 2.05) is 25.1 Å². The number of carbonyl (C=O) groups is 2. The Labute approximate surface area is 126 Å². The molecule has 0 spiro atoms. The van der Waals surface area contributed by atoms with Crippen LogP contribution in [0.4, 0.5) is 0 Å². The number of benzene rings is 2. The van der Waals surface area contributed by atoms with Crippen molar-refractivity contribution in [2.75, 3.05) is 0 Å². The average Bonchev–Trinajstić information content (AvgIpc) is 2.88. The van der Waals surface area contributed by atoms with E-state index in [0.29, 0.717) is 11.1 Å². The first-order valence-corrected chi connectivity index (χ1v) is 6.74. The molecule has 22 heavy (non-hydrogen) atoms. The molecule has 0 fully saturated rings. The Morgan fingerprint density at radius 2 is 1.77 bits per heavy atom. The molecule has 0 aliphatic heterocycles. The second-order valence-corrected chi connectivity index (χ2v) is 5.12. The lowest BCUT2D eigenvalue weighted by Gasteiger charge is -2.04. The van der Waals surface area contributed by atoms with Crippen LogP contribution in [0.2, 0.25) is 0 Å². The van der Waals surface area contributed by atoms with Gasteiger partial charge < -0.3 is 15.8 Å². The normalized spacial score (nSPS) is 10.8. The van der Waals surface area contributed by atoms with Gasteiger partial charge in [-0.15, -0.1) is 0 Å². The van der Waals surface area contributed by atoms with Gasteiger partial charge in [-0.1, -0.05) is 30.3 Å². The second kappa shape index (κ2) is 5.04. The second-order valence-electron chi connectivity index (χ2n) is 5.12. The van der Waals surface area contributed by atoms with Gasteiger partial charge in [-0.25, -0.2) is 4.79 Å². The third-order valence-electron chi connectivity index (χ3n) is 3.71. The topological polar surface area (TPSA) is 96.2 Å². The van der Waals surface area contributed by atoms with Crippen molar-refractivity contribution in [3.8, 4) is 11.1 Å². The van der Waals surface area contributed by atoms with E-state index in [1.54, 1.807) is 24.3 Å². The molecule has 0 atom stereocenters. The highest BCUT2D eigenvalue weighted by atomic mass is 16.4. The highest BCUT2D eigenvalue weighted by molar-refractivity contribution is 6.08. The number of carboxylic acid groups (broad SMARTS) is 1. The third-order valence-corrected chi connectivity index (χ3v) is 3.71. The number of para-hydroxylation sites is 1. The Morgan fingerprint density at radius 3 is 2.36 bits per heavy atom. The van der Waals surface area contributed by atoms with Crippen LogP contribution in [0.25, 0.3) is 22.0 Å². The van der Waals surface area contributed by atoms with Crippen molar-refractivity contribution in [3.05, 3.63) is 59.3 Å². The number of nitrogens with one attached hydrogen (secondary N) is 1. The van der Waals surface area contributed by atoms with E-state index < -0.39 is 11.9 Å². The fourth-order valence-electron chi connectivity index (χ4n) is 2.63. The van der Waals surface area contributed by atoms with Gasteiger partial charge in [0.2, 0.25) is 5.91 Å². The van der Waals surface area contributed by atoms with E-state index in [0.717, 1.165) is 22.0 Å². The number of primary amides is 1. The molecule has 2 aromatic carbocycles. The molecular formula is C17H14N2O3. The zero-order chi connectivity index (χ0) is 15.9. The summed E-state index contributed by atoms with van der Waals surface area (Å²) in [6.45, 7) is 1.92. The van der Waals surface area contributed by atoms with Crippen molar-refractivity contribution in [2.45, 2.75) is 6.92 Å². The molecule has 0 aliphatic rings. The largest absolute Gasteiger partial charge is 0.477 e. The van der Waals surface area contributed by atoms with Crippen LogP contribution in [-0.4, -0.2) is 22.0 Å². The van der Waals surface area contributed by atoms with Crippen molar-refractivity contribution in [1.82, 2.24) is 4.98 Å². The minimum atomic E-state index is -1.02. The summed E-state index contributed by atoms with van der Waals surface area (Å²) in [7, 11) is 0. The molecule has 0 radical (unpaired) electrons. The molecule has 1 heterocycles. The fraction of sp³-hybridized carbons (Fsp3) is 0.0588. The number of aromatic nitrogens is 1. The zero-order valence-electron chi connectivity index (χ0n) is 11.9. The first-order chi connectivity index (χ1) is 10.5. The Kier molecular flexibility index (Phi) is 3.18. The van der Waals surface area contributed by atoms with Gasteiger partial charge in [0.05, 0.1) is 0 Å². The Morgan fingerprint density at radius 1 is 1.09 bits per heavy atom. The van der Waals surface area contributed by atoms with Gasteiger partial charge in [-0.2, -0.15) is 0 Å². The highest BCUT2D eigenvalue weighted by Crippen LogP contribution is 2.34. The van der Waals surface area contributed by atoms with Crippen LogP contribution in [0.3, 0.4) is 0 Å². The van der Waals surface area contributed by atoms with Crippen LogP contribution in [0.15, 0.2) is 42.5 Å². The molecule has 5 nitrogen and oxygen atoms in total. The molecule has 1 amide bonds. The number of aromatic carboxylic acids is 1. The molecule has 1 aromatic heterocycles. The van der Waals surface area contributed by atoms with E-state index in [9.17, 15) is 14.7 Å². The quantitative estimate of drug-likeness (QED) is 0.693. The van der Waals surface area contributed by atoms with Gasteiger partial charge in [0.25, 0.3) is 0 Å². The zero-order valence-corrected chi connectivity index (χ0v) is 11.9. The Balaban J connectivity index is 2.28. The van der Waals surface area contributed by atoms with Gasteiger partial charge in [0.15, 0.2) is 0 Å². The lowest BCUT2D eigenvalue weighted by molar-refractivity contribution is 0.0692. The Hall–Kier alpha value is -3.08. The highest BCUT2D eigenvalue weighted by Gasteiger charge is 2.19. The van der Waals surface area contributed by atoms with Crippen LogP contribution in [-0.2, 0) is 0 Å². The van der Waals surface area contributed by atoms with Crippen molar-refractivity contribution in [3.63, 3.8) is 0 Å². The minimum absolute atomic E-state index is 0.135. The number of carboxylic acids is 1. The van der Waals surface area contributed by atoms with Crippen molar-refractivity contribution >= 4 is 22.8 Å². The summed E-state index contributed by atoms with van der Waals surface area (Å²) < 4.78 is 0. The number of amides is 1. The first-order valence-electron chi connectivity index (χ1n) is 6.74. The lowest BCUT2D eigenvalue weighted by atomic mass is 9.99. The summed E-state index contributed by atoms with van der Waals surface area (Å²) in [5.41, 5.74) is 8.86. The summed E-state index contributed by atoms with van der Waals surface area (Å²) in [4.78, 5) is 25.7. The summed E-state index contributed by atoms with van der Waals surface area (Å²) in [6.07, 6.45) is 0. The number of rotatable bonds is 3. The fourth-order valence-corrected chi connectivity index (χ4v) is 2.63. The van der Waals surface area contributed by atoms with Gasteiger partial charge in [0, 0.05) is 22.0 Å². The van der Waals surface area contributed by atoms with E-state index in [4.69, 9.17) is 5.73 Å². The van der Waals surface area contributed by atoms with Crippen molar-refractivity contribution in [1.29, 1.82) is 0 Å². The van der Waals surface area contributed by atoms with E-state index >= 15 is 0 Å². The first kappa shape index (κ1) is 13.9. The number of hydrogen-bond donors (Lipinski definition) is 3. The maximum absolute atomic E-state index is 11.5.